The molecule has 1 aromatic carbocycles. The van der Waals surface area contributed by atoms with Crippen LogP contribution in [0.1, 0.15) is 6.92 Å². The van der Waals surface area contributed by atoms with Crippen LogP contribution in [-0.2, 0) is 4.79 Å². The van der Waals surface area contributed by atoms with Crippen molar-refractivity contribution in [3.8, 4) is 0 Å². The van der Waals surface area contributed by atoms with Gasteiger partial charge in [-0.25, -0.2) is 0 Å². The fourth-order valence-corrected chi connectivity index (χ4v) is 2.29. The Labute approximate surface area is 112 Å². The second kappa shape index (κ2) is 5.59. The first kappa shape index (κ1) is 13.2. The minimum Gasteiger partial charge on any atom is -0.394 e. The molecule has 18 heavy (non-hydrogen) atoms. The van der Waals surface area contributed by atoms with Crippen molar-refractivity contribution in [1.29, 1.82) is 0 Å². The number of aliphatic hydroxyl groups is 1. The van der Waals surface area contributed by atoms with Gasteiger partial charge in [0.15, 0.2) is 0 Å². The fourth-order valence-electron chi connectivity index (χ4n) is 2.16. The third kappa shape index (κ3) is 2.76. The highest BCUT2D eigenvalue weighted by atomic mass is 35.5. The predicted molar refractivity (Wildman–Crippen MR) is 71.8 cm³/mol. The van der Waals surface area contributed by atoms with Crippen molar-refractivity contribution in [3.05, 3.63) is 29.3 Å². The molecule has 0 radical (unpaired) electrons. The zero-order chi connectivity index (χ0) is 13.1. The molecule has 2 N–H and O–H groups in total. The van der Waals surface area contributed by atoms with Gasteiger partial charge in [-0.3, -0.25) is 4.79 Å². The second-order valence-electron chi connectivity index (χ2n) is 4.68. The summed E-state index contributed by atoms with van der Waals surface area (Å²) in [6.45, 7) is 3.25. The summed E-state index contributed by atoms with van der Waals surface area (Å²) in [7, 11) is 0. The number of anilines is 1. The predicted octanol–water partition coefficient (Wildman–Crippen LogP) is 1.27. The Morgan fingerprint density at radius 1 is 1.44 bits per heavy atom. The lowest BCUT2D eigenvalue weighted by Crippen LogP contribution is -2.47. The molecular weight excluding hydrogens is 252 g/mol. The van der Waals surface area contributed by atoms with Crippen LogP contribution in [0.2, 0.25) is 5.02 Å². The van der Waals surface area contributed by atoms with Crippen molar-refractivity contribution in [1.82, 2.24) is 5.32 Å². The van der Waals surface area contributed by atoms with Gasteiger partial charge in [-0.1, -0.05) is 18.5 Å². The maximum absolute atomic E-state index is 11.9. The van der Waals surface area contributed by atoms with Gasteiger partial charge in [0.1, 0.15) is 6.04 Å². The molecule has 2 rings (SSSR count). The third-order valence-electron chi connectivity index (χ3n) is 3.14. The number of amides is 1. The monoisotopic (exact) mass is 268 g/mol. The first-order valence-corrected chi connectivity index (χ1v) is 6.40. The lowest BCUT2D eigenvalue weighted by atomic mass is 10.1. The van der Waals surface area contributed by atoms with Gasteiger partial charge in [-0.05, 0) is 30.2 Å². The zero-order valence-corrected chi connectivity index (χ0v) is 11.0. The summed E-state index contributed by atoms with van der Waals surface area (Å²) < 4.78 is 0. The number of hydrogen-bond acceptors (Lipinski definition) is 3. The molecule has 1 heterocycles. The summed E-state index contributed by atoms with van der Waals surface area (Å²) in [5, 5.41) is 12.9. The normalized spacial score (nSPS) is 24.6. The molecule has 1 aliphatic rings. The highest BCUT2D eigenvalue weighted by molar-refractivity contribution is 6.30. The van der Waals surface area contributed by atoms with Gasteiger partial charge in [0, 0.05) is 23.8 Å². The Bertz CT molecular complexity index is 422. The molecule has 1 fully saturated rings. The maximum atomic E-state index is 11.9. The molecule has 0 spiro atoms. The van der Waals surface area contributed by atoms with E-state index in [-0.39, 0.29) is 12.5 Å². The average Bonchev–Trinajstić information content (AvgIpc) is 2.50. The molecule has 0 saturated carbocycles. The molecule has 0 aliphatic carbocycles. The number of carbonyl (C=O) groups excluding carboxylic acids is 1. The van der Waals surface area contributed by atoms with Crippen molar-refractivity contribution in [2.24, 2.45) is 5.92 Å². The van der Waals surface area contributed by atoms with E-state index >= 15 is 0 Å². The van der Waals surface area contributed by atoms with Gasteiger partial charge in [0.05, 0.1) is 6.61 Å². The zero-order valence-electron chi connectivity index (χ0n) is 10.3. The highest BCUT2D eigenvalue weighted by Crippen LogP contribution is 2.22. The summed E-state index contributed by atoms with van der Waals surface area (Å²) in [6.07, 6.45) is 0. The van der Waals surface area contributed by atoms with E-state index in [1.165, 1.54) is 0 Å². The van der Waals surface area contributed by atoms with E-state index in [1.807, 2.05) is 17.0 Å². The number of nitrogens with zero attached hydrogens (tertiary/aromatic N) is 1. The first-order valence-electron chi connectivity index (χ1n) is 6.02. The van der Waals surface area contributed by atoms with Crippen molar-refractivity contribution >= 4 is 23.2 Å². The Kier molecular flexibility index (Phi) is 4.09. The van der Waals surface area contributed by atoms with Crippen molar-refractivity contribution in [3.63, 3.8) is 0 Å². The van der Waals surface area contributed by atoms with Crippen LogP contribution in [-0.4, -0.2) is 36.8 Å². The molecular formula is C13H17ClN2O2. The van der Waals surface area contributed by atoms with E-state index < -0.39 is 6.04 Å². The molecule has 5 heteroatoms. The van der Waals surface area contributed by atoms with E-state index in [4.69, 9.17) is 11.6 Å². The lowest BCUT2D eigenvalue weighted by Gasteiger charge is -2.30. The summed E-state index contributed by atoms with van der Waals surface area (Å²) in [5.74, 6) is 0.206. The molecule has 0 bridgehead atoms. The van der Waals surface area contributed by atoms with Crippen LogP contribution < -0.4 is 10.2 Å². The van der Waals surface area contributed by atoms with Crippen LogP contribution in [0.15, 0.2) is 24.3 Å². The molecule has 2 unspecified atom stereocenters. The van der Waals surface area contributed by atoms with Gasteiger partial charge >= 0.3 is 0 Å². The van der Waals surface area contributed by atoms with Crippen LogP contribution >= 0.6 is 11.6 Å². The molecule has 1 amide bonds. The number of rotatable bonds is 2. The van der Waals surface area contributed by atoms with E-state index in [1.54, 1.807) is 12.1 Å². The van der Waals surface area contributed by atoms with E-state index in [9.17, 15) is 9.90 Å². The number of hydrogen-bond donors (Lipinski definition) is 2. The van der Waals surface area contributed by atoms with Crippen LogP contribution in [0.25, 0.3) is 0 Å². The number of benzene rings is 1. The molecule has 1 aromatic rings. The average molecular weight is 269 g/mol. The van der Waals surface area contributed by atoms with Gasteiger partial charge in [0.2, 0.25) is 5.91 Å². The van der Waals surface area contributed by atoms with Crippen molar-refractivity contribution in [2.75, 3.05) is 24.6 Å². The van der Waals surface area contributed by atoms with E-state index in [0.29, 0.717) is 17.5 Å². The van der Waals surface area contributed by atoms with E-state index in [0.717, 1.165) is 12.2 Å². The number of carbonyl (C=O) groups is 1. The molecule has 98 valence electrons. The molecule has 2 atom stereocenters. The van der Waals surface area contributed by atoms with Gasteiger partial charge in [-0.2, -0.15) is 0 Å². The topological polar surface area (TPSA) is 52.6 Å². The smallest absolute Gasteiger partial charge is 0.245 e. The Hall–Kier alpha value is -1.26. The largest absolute Gasteiger partial charge is 0.394 e. The summed E-state index contributed by atoms with van der Waals surface area (Å²) in [4.78, 5) is 13.8. The first-order chi connectivity index (χ1) is 8.61. The quantitative estimate of drug-likeness (QED) is 0.849. The number of nitrogens with one attached hydrogen (secondary N) is 1. The van der Waals surface area contributed by atoms with Gasteiger partial charge < -0.3 is 15.3 Å². The standard InChI is InChI=1S/C13H17ClN2O2/c1-9-6-15-13(18)12(8-17)16(7-9)11-4-2-10(14)3-5-11/h2-5,9,12,17H,6-8H2,1H3,(H,15,18). The third-order valence-corrected chi connectivity index (χ3v) is 3.40. The molecule has 1 aliphatic heterocycles. The SMILES string of the molecule is CC1CNC(=O)C(CO)N(c2ccc(Cl)cc2)C1. The Morgan fingerprint density at radius 2 is 2.11 bits per heavy atom. The van der Waals surface area contributed by atoms with Crippen LogP contribution in [0, 0.1) is 5.92 Å². The Morgan fingerprint density at radius 3 is 2.72 bits per heavy atom. The summed E-state index contributed by atoms with van der Waals surface area (Å²) >= 11 is 5.86. The minimum atomic E-state index is -0.531. The molecule has 4 nitrogen and oxygen atoms in total. The lowest BCUT2D eigenvalue weighted by molar-refractivity contribution is -0.122. The second-order valence-corrected chi connectivity index (χ2v) is 5.11. The Balaban J connectivity index is 2.30. The van der Waals surface area contributed by atoms with Crippen LogP contribution in [0.3, 0.4) is 0 Å². The highest BCUT2D eigenvalue weighted by Gasteiger charge is 2.29. The minimum absolute atomic E-state index is 0.128. The van der Waals surface area contributed by atoms with Crippen LogP contribution in [0.5, 0.6) is 0 Å². The van der Waals surface area contributed by atoms with Gasteiger partial charge in [-0.15, -0.1) is 0 Å². The molecule has 1 saturated heterocycles. The summed E-state index contributed by atoms with van der Waals surface area (Å²) in [6, 6.07) is 6.79. The van der Waals surface area contributed by atoms with Crippen molar-refractivity contribution in [2.45, 2.75) is 13.0 Å². The summed E-state index contributed by atoms with van der Waals surface area (Å²) in [5.41, 5.74) is 0.905. The molecule has 0 aromatic heterocycles. The van der Waals surface area contributed by atoms with Crippen molar-refractivity contribution < 1.29 is 9.90 Å². The fraction of sp³-hybridized carbons (Fsp3) is 0.462. The number of aliphatic hydroxyl groups excluding tert-OH is 1. The van der Waals surface area contributed by atoms with Crippen LogP contribution in [0.4, 0.5) is 5.69 Å². The van der Waals surface area contributed by atoms with E-state index in [2.05, 4.69) is 12.2 Å². The maximum Gasteiger partial charge on any atom is 0.245 e. The number of halogens is 1. The van der Waals surface area contributed by atoms with Gasteiger partial charge in [0.25, 0.3) is 0 Å².